The van der Waals surface area contributed by atoms with Gasteiger partial charge in [0.25, 0.3) is 0 Å². The van der Waals surface area contributed by atoms with Gasteiger partial charge >= 0.3 is 0 Å². The zero-order chi connectivity index (χ0) is 17.4. The maximum atomic E-state index is 14.7. The summed E-state index contributed by atoms with van der Waals surface area (Å²) in [6.07, 6.45) is 5.99. The van der Waals surface area contributed by atoms with Gasteiger partial charge in [0.05, 0.1) is 11.6 Å². The molecule has 0 bridgehead atoms. The standard InChI is InChI=1S/C20H19FN2O2/c21-18-14(12-22-25)5-4-6-15(18)13-7-8-17-16(11-13)20(19(24)23-17)9-2-1-3-10-20/h4-8,11-12,25H,1-3,9-10H2,(H,23,24)/b22-12+. The van der Waals surface area contributed by atoms with Gasteiger partial charge in [-0.1, -0.05) is 48.7 Å². The number of oxime groups is 1. The van der Waals surface area contributed by atoms with Crippen LogP contribution in [0.2, 0.25) is 0 Å². The Morgan fingerprint density at radius 1 is 1.16 bits per heavy atom. The van der Waals surface area contributed by atoms with Crippen molar-refractivity contribution in [3.63, 3.8) is 0 Å². The minimum atomic E-state index is -0.468. The Balaban J connectivity index is 1.83. The smallest absolute Gasteiger partial charge is 0.235 e. The van der Waals surface area contributed by atoms with Crippen LogP contribution in [-0.2, 0) is 10.2 Å². The summed E-state index contributed by atoms with van der Waals surface area (Å²) in [6.45, 7) is 0. The zero-order valence-electron chi connectivity index (χ0n) is 13.8. The molecular formula is C20H19FN2O2. The van der Waals surface area contributed by atoms with E-state index in [1.807, 2.05) is 18.2 Å². The van der Waals surface area contributed by atoms with Crippen LogP contribution in [0, 0.1) is 5.82 Å². The highest BCUT2D eigenvalue weighted by atomic mass is 19.1. The van der Waals surface area contributed by atoms with E-state index in [-0.39, 0.29) is 11.5 Å². The first-order chi connectivity index (χ1) is 12.2. The minimum absolute atomic E-state index is 0.0704. The first-order valence-electron chi connectivity index (χ1n) is 8.58. The van der Waals surface area contributed by atoms with Crippen LogP contribution in [0.3, 0.4) is 0 Å². The molecule has 0 unspecified atom stereocenters. The lowest BCUT2D eigenvalue weighted by molar-refractivity contribution is -0.121. The molecule has 4 rings (SSSR count). The number of hydrogen-bond acceptors (Lipinski definition) is 3. The summed E-state index contributed by atoms with van der Waals surface area (Å²) < 4.78 is 14.7. The van der Waals surface area contributed by atoms with Crippen LogP contribution >= 0.6 is 0 Å². The molecule has 1 amide bonds. The number of rotatable bonds is 2. The third-order valence-electron chi connectivity index (χ3n) is 5.46. The largest absolute Gasteiger partial charge is 0.411 e. The molecule has 5 heteroatoms. The predicted molar refractivity (Wildman–Crippen MR) is 94.6 cm³/mol. The van der Waals surface area contributed by atoms with Crippen molar-refractivity contribution < 1.29 is 14.4 Å². The third-order valence-corrected chi connectivity index (χ3v) is 5.46. The molecule has 2 aliphatic rings. The van der Waals surface area contributed by atoms with Crippen LogP contribution in [0.25, 0.3) is 11.1 Å². The van der Waals surface area contributed by atoms with Crippen molar-refractivity contribution in [1.82, 2.24) is 0 Å². The van der Waals surface area contributed by atoms with Crippen LogP contribution in [-0.4, -0.2) is 17.3 Å². The molecule has 0 aromatic heterocycles. The van der Waals surface area contributed by atoms with Crippen LogP contribution in [0.5, 0.6) is 0 Å². The molecule has 1 spiro atoms. The van der Waals surface area contributed by atoms with Gasteiger partial charge < -0.3 is 10.5 Å². The normalized spacial score (nSPS) is 18.5. The van der Waals surface area contributed by atoms with Crippen molar-refractivity contribution in [3.8, 4) is 11.1 Å². The average Bonchev–Trinajstić information content (AvgIpc) is 2.89. The van der Waals surface area contributed by atoms with Crippen molar-refractivity contribution >= 4 is 17.8 Å². The molecule has 2 aromatic carbocycles. The summed E-state index contributed by atoms with van der Waals surface area (Å²) in [4.78, 5) is 12.6. The van der Waals surface area contributed by atoms with Gasteiger partial charge in [0.15, 0.2) is 0 Å². The van der Waals surface area contributed by atoms with E-state index in [1.54, 1.807) is 18.2 Å². The first-order valence-corrected chi connectivity index (χ1v) is 8.58. The predicted octanol–water partition coefficient (Wildman–Crippen LogP) is 4.45. The fourth-order valence-corrected chi connectivity index (χ4v) is 4.17. The van der Waals surface area contributed by atoms with Crippen LogP contribution in [0.1, 0.15) is 43.2 Å². The van der Waals surface area contributed by atoms with E-state index >= 15 is 0 Å². The Morgan fingerprint density at radius 3 is 2.72 bits per heavy atom. The quantitative estimate of drug-likeness (QED) is 0.483. The van der Waals surface area contributed by atoms with Gasteiger partial charge in [-0.3, -0.25) is 4.79 Å². The molecule has 1 aliphatic heterocycles. The minimum Gasteiger partial charge on any atom is -0.411 e. The van der Waals surface area contributed by atoms with Gasteiger partial charge in [0.1, 0.15) is 5.82 Å². The van der Waals surface area contributed by atoms with Crippen LogP contribution < -0.4 is 5.32 Å². The Hall–Kier alpha value is -2.69. The number of nitrogens with one attached hydrogen (secondary N) is 1. The lowest BCUT2D eigenvalue weighted by Gasteiger charge is -2.31. The molecule has 1 fully saturated rings. The number of nitrogens with zero attached hydrogens (tertiary/aromatic N) is 1. The van der Waals surface area contributed by atoms with Crippen molar-refractivity contribution in [1.29, 1.82) is 0 Å². The molecule has 0 radical (unpaired) electrons. The van der Waals surface area contributed by atoms with Crippen LogP contribution in [0.4, 0.5) is 10.1 Å². The highest BCUT2D eigenvalue weighted by molar-refractivity contribution is 6.06. The average molecular weight is 338 g/mol. The number of carbonyl (C=O) groups excluding carboxylic acids is 1. The van der Waals surface area contributed by atoms with Gasteiger partial charge in [-0.05, 0) is 36.1 Å². The molecule has 2 aromatic rings. The summed E-state index contributed by atoms with van der Waals surface area (Å²) >= 11 is 0. The lowest BCUT2D eigenvalue weighted by atomic mass is 9.70. The van der Waals surface area contributed by atoms with E-state index in [0.717, 1.165) is 55.1 Å². The molecule has 0 saturated heterocycles. The number of hydrogen-bond donors (Lipinski definition) is 2. The number of benzene rings is 2. The Labute approximate surface area is 145 Å². The topological polar surface area (TPSA) is 61.7 Å². The Bertz CT molecular complexity index is 870. The van der Waals surface area contributed by atoms with Gasteiger partial charge in [0, 0.05) is 16.8 Å². The second-order valence-corrected chi connectivity index (χ2v) is 6.81. The van der Waals surface area contributed by atoms with E-state index in [4.69, 9.17) is 5.21 Å². The highest BCUT2D eigenvalue weighted by Gasteiger charge is 2.47. The SMILES string of the molecule is O=C1Nc2ccc(-c3cccc(/C=N/O)c3F)cc2C12CCCCC2. The molecule has 1 saturated carbocycles. The van der Waals surface area contributed by atoms with Crippen LogP contribution in [0.15, 0.2) is 41.6 Å². The second kappa shape index (κ2) is 5.99. The molecule has 25 heavy (non-hydrogen) atoms. The van der Waals surface area contributed by atoms with E-state index in [1.165, 1.54) is 0 Å². The summed E-state index contributed by atoms with van der Waals surface area (Å²) in [7, 11) is 0. The number of fused-ring (bicyclic) bond motifs is 2. The van der Waals surface area contributed by atoms with E-state index in [2.05, 4.69) is 10.5 Å². The second-order valence-electron chi connectivity index (χ2n) is 6.81. The molecular weight excluding hydrogens is 319 g/mol. The molecule has 128 valence electrons. The molecule has 1 heterocycles. The monoisotopic (exact) mass is 338 g/mol. The highest BCUT2D eigenvalue weighted by Crippen LogP contribution is 2.48. The van der Waals surface area contributed by atoms with Gasteiger partial charge in [-0.2, -0.15) is 0 Å². The molecule has 0 atom stereocenters. The number of anilines is 1. The van der Waals surface area contributed by atoms with Crippen molar-refractivity contribution in [2.75, 3.05) is 5.32 Å². The summed E-state index contributed by atoms with van der Waals surface area (Å²) in [5.74, 6) is -0.365. The molecule has 1 aliphatic carbocycles. The van der Waals surface area contributed by atoms with E-state index < -0.39 is 11.2 Å². The van der Waals surface area contributed by atoms with Crippen molar-refractivity contribution in [2.45, 2.75) is 37.5 Å². The number of halogens is 1. The molecule has 4 nitrogen and oxygen atoms in total. The third kappa shape index (κ3) is 2.42. The first kappa shape index (κ1) is 15.8. The van der Waals surface area contributed by atoms with E-state index in [9.17, 15) is 9.18 Å². The number of amides is 1. The van der Waals surface area contributed by atoms with Crippen molar-refractivity contribution in [3.05, 3.63) is 53.3 Å². The number of carbonyl (C=O) groups is 1. The zero-order valence-corrected chi connectivity index (χ0v) is 13.8. The fourth-order valence-electron chi connectivity index (χ4n) is 4.17. The maximum Gasteiger partial charge on any atom is 0.235 e. The molecule has 2 N–H and O–H groups in total. The Morgan fingerprint density at radius 2 is 1.96 bits per heavy atom. The van der Waals surface area contributed by atoms with Crippen molar-refractivity contribution in [2.24, 2.45) is 5.16 Å². The maximum absolute atomic E-state index is 14.7. The summed E-state index contributed by atoms with van der Waals surface area (Å²) in [5.41, 5.74) is 2.74. The fraction of sp³-hybridized carbons (Fsp3) is 0.300. The van der Waals surface area contributed by atoms with Gasteiger partial charge in [-0.25, -0.2) is 4.39 Å². The summed E-state index contributed by atoms with van der Waals surface area (Å²) in [6, 6.07) is 10.6. The lowest BCUT2D eigenvalue weighted by Crippen LogP contribution is -2.36. The van der Waals surface area contributed by atoms with Gasteiger partial charge in [-0.15, -0.1) is 0 Å². The Kier molecular flexibility index (Phi) is 3.79. The van der Waals surface area contributed by atoms with E-state index in [0.29, 0.717) is 5.56 Å². The van der Waals surface area contributed by atoms with Gasteiger partial charge in [0.2, 0.25) is 5.91 Å². The summed E-state index contributed by atoms with van der Waals surface area (Å²) in [5, 5.41) is 14.6.